The smallest absolute Gasteiger partial charge is 0.127 e. The molecule has 0 aliphatic carbocycles. The Balaban J connectivity index is 2.22. The summed E-state index contributed by atoms with van der Waals surface area (Å²) in [5.74, 6) is 1.70. The van der Waals surface area contributed by atoms with Gasteiger partial charge >= 0.3 is 0 Å². The van der Waals surface area contributed by atoms with Gasteiger partial charge < -0.3 is 4.57 Å². The van der Waals surface area contributed by atoms with E-state index in [9.17, 15) is 0 Å². The van der Waals surface area contributed by atoms with E-state index in [2.05, 4.69) is 23.4 Å². The second kappa shape index (κ2) is 6.82. The second-order valence-corrected chi connectivity index (χ2v) is 6.85. The Labute approximate surface area is 131 Å². The normalized spacial score (nSPS) is 13.3. The Morgan fingerprint density at radius 2 is 1.95 bits per heavy atom. The molecule has 1 heterocycles. The lowest BCUT2D eigenvalue weighted by Crippen LogP contribution is -2.05. The van der Waals surface area contributed by atoms with Crippen LogP contribution in [0.5, 0.6) is 0 Å². The summed E-state index contributed by atoms with van der Waals surface area (Å²) in [5.41, 5.74) is 2.06. The number of benzene rings is 1. The molecule has 1 atom stereocenters. The van der Waals surface area contributed by atoms with Crippen LogP contribution in [-0.2, 0) is 6.54 Å². The third-order valence-corrected chi connectivity index (χ3v) is 3.94. The van der Waals surface area contributed by atoms with Gasteiger partial charge in [0.15, 0.2) is 0 Å². The molecule has 0 spiro atoms. The van der Waals surface area contributed by atoms with Crippen LogP contribution in [0, 0.1) is 5.92 Å². The fraction of sp³-hybridized carbons (Fsp3) is 0.562. The van der Waals surface area contributed by atoms with E-state index in [-0.39, 0.29) is 5.38 Å². The number of unbranched alkanes of at least 4 members (excludes halogenated alkanes) is 1. The molecular formula is C16H22Cl2N2. The minimum Gasteiger partial charge on any atom is -0.327 e. The van der Waals surface area contributed by atoms with Gasteiger partial charge in [0.25, 0.3) is 0 Å². The van der Waals surface area contributed by atoms with Crippen molar-refractivity contribution in [3.63, 3.8) is 0 Å². The maximum atomic E-state index is 6.27. The van der Waals surface area contributed by atoms with E-state index in [4.69, 9.17) is 23.2 Å². The predicted molar refractivity (Wildman–Crippen MR) is 87.7 cm³/mol. The van der Waals surface area contributed by atoms with Gasteiger partial charge in [0.2, 0.25) is 0 Å². The average Bonchev–Trinajstić information content (AvgIpc) is 2.72. The van der Waals surface area contributed by atoms with Gasteiger partial charge in [-0.3, -0.25) is 0 Å². The Hall–Kier alpha value is -0.730. The highest BCUT2D eigenvalue weighted by Gasteiger charge is 2.14. The molecule has 0 N–H and O–H groups in total. The topological polar surface area (TPSA) is 17.8 Å². The van der Waals surface area contributed by atoms with Gasteiger partial charge in [-0.15, -0.1) is 11.6 Å². The van der Waals surface area contributed by atoms with Gasteiger partial charge in [-0.1, -0.05) is 38.3 Å². The molecule has 1 unspecified atom stereocenters. The highest BCUT2D eigenvalue weighted by Crippen LogP contribution is 2.27. The van der Waals surface area contributed by atoms with E-state index >= 15 is 0 Å². The van der Waals surface area contributed by atoms with Crippen LogP contribution in [0.1, 0.15) is 51.2 Å². The highest BCUT2D eigenvalue weighted by atomic mass is 35.5. The van der Waals surface area contributed by atoms with Crippen LogP contribution in [-0.4, -0.2) is 9.55 Å². The first kappa shape index (κ1) is 15.7. The van der Waals surface area contributed by atoms with Crippen LogP contribution in [0.4, 0.5) is 0 Å². The van der Waals surface area contributed by atoms with Gasteiger partial charge in [-0.05, 0) is 37.5 Å². The zero-order valence-corrected chi connectivity index (χ0v) is 13.9. The van der Waals surface area contributed by atoms with E-state index in [0.29, 0.717) is 0 Å². The predicted octanol–water partition coefficient (Wildman–Crippen LogP) is 5.82. The maximum Gasteiger partial charge on any atom is 0.127 e. The molecule has 0 aliphatic heterocycles. The lowest BCUT2D eigenvalue weighted by molar-refractivity contribution is 0.507. The fourth-order valence-corrected chi connectivity index (χ4v) is 2.82. The minimum absolute atomic E-state index is 0.0914. The summed E-state index contributed by atoms with van der Waals surface area (Å²) in [5, 5.41) is 0.627. The average molecular weight is 313 g/mol. The lowest BCUT2D eigenvalue weighted by Gasteiger charge is -2.11. The number of halogens is 2. The first-order valence-electron chi connectivity index (χ1n) is 7.28. The van der Waals surface area contributed by atoms with E-state index in [1.165, 1.54) is 12.8 Å². The van der Waals surface area contributed by atoms with Crippen LogP contribution < -0.4 is 0 Å². The summed E-state index contributed by atoms with van der Waals surface area (Å²) in [6.07, 6.45) is 3.66. The molecule has 1 aromatic heterocycles. The highest BCUT2D eigenvalue weighted by molar-refractivity contribution is 6.31. The van der Waals surface area contributed by atoms with E-state index < -0.39 is 0 Å². The summed E-state index contributed by atoms with van der Waals surface area (Å²) in [7, 11) is 0. The number of hydrogen-bond donors (Lipinski definition) is 0. The third-order valence-electron chi connectivity index (χ3n) is 3.51. The minimum atomic E-state index is -0.0914. The number of rotatable bonds is 6. The molecule has 1 aromatic carbocycles. The Morgan fingerprint density at radius 1 is 1.20 bits per heavy atom. The molecule has 4 heteroatoms. The fourth-order valence-electron chi connectivity index (χ4n) is 2.48. The van der Waals surface area contributed by atoms with Crippen molar-refractivity contribution < 1.29 is 0 Å². The van der Waals surface area contributed by atoms with E-state index in [1.54, 1.807) is 0 Å². The molecule has 20 heavy (non-hydrogen) atoms. The molecule has 110 valence electrons. The van der Waals surface area contributed by atoms with Gasteiger partial charge in [0, 0.05) is 11.6 Å². The first-order chi connectivity index (χ1) is 9.49. The van der Waals surface area contributed by atoms with Crippen molar-refractivity contribution in [3.05, 3.63) is 29.0 Å². The van der Waals surface area contributed by atoms with E-state index in [1.807, 2.05) is 25.1 Å². The number of alkyl halides is 1. The first-order valence-corrected chi connectivity index (χ1v) is 8.10. The maximum absolute atomic E-state index is 6.27. The molecule has 0 radical (unpaired) electrons. The summed E-state index contributed by atoms with van der Waals surface area (Å²) in [6.45, 7) is 7.47. The Morgan fingerprint density at radius 3 is 2.60 bits per heavy atom. The SMILES string of the molecule is CC(C)CCCCn1c(C(C)Cl)nc2cc(Cl)ccc21. The lowest BCUT2D eigenvalue weighted by atomic mass is 10.1. The number of aryl methyl sites for hydroxylation is 1. The van der Waals surface area contributed by atoms with Crippen LogP contribution in [0.3, 0.4) is 0 Å². The zero-order chi connectivity index (χ0) is 14.7. The third kappa shape index (κ3) is 3.67. The Kier molecular flexibility index (Phi) is 5.34. The van der Waals surface area contributed by atoms with Crippen LogP contribution in [0.15, 0.2) is 18.2 Å². The van der Waals surface area contributed by atoms with Crippen LogP contribution in [0.2, 0.25) is 5.02 Å². The summed E-state index contributed by atoms with van der Waals surface area (Å²) in [6, 6.07) is 5.86. The molecule has 2 nitrogen and oxygen atoms in total. The molecule has 0 fully saturated rings. The summed E-state index contributed by atoms with van der Waals surface area (Å²) in [4.78, 5) is 4.63. The summed E-state index contributed by atoms with van der Waals surface area (Å²) >= 11 is 12.3. The quantitative estimate of drug-likeness (QED) is 0.485. The number of hydrogen-bond acceptors (Lipinski definition) is 1. The number of fused-ring (bicyclic) bond motifs is 1. The molecule has 0 bridgehead atoms. The molecular weight excluding hydrogens is 291 g/mol. The molecule has 0 aliphatic rings. The van der Waals surface area contributed by atoms with Crippen molar-refractivity contribution >= 4 is 34.2 Å². The molecule has 0 saturated heterocycles. The molecule has 2 aromatic rings. The van der Waals surface area contributed by atoms with Gasteiger partial charge in [0.1, 0.15) is 5.82 Å². The second-order valence-electron chi connectivity index (χ2n) is 5.76. The van der Waals surface area contributed by atoms with Crippen molar-refractivity contribution in [3.8, 4) is 0 Å². The van der Waals surface area contributed by atoms with Gasteiger partial charge in [-0.2, -0.15) is 0 Å². The van der Waals surface area contributed by atoms with Crippen LogP contribution in [0.25, 0.3) is 11.0 Å². The molecule has 0 amide bonds. The summed E-state index contributed by atoms with van der Waals surface area (Å²) < 4.78 is 2.24. The molecule has 0 saturated carbocycles. The van der Waals surface area contributed by atoms with E-state index in [0.717, 1.165) is 40.8 Å². The number of imidazole rings is 1. The number of aromatic nitrogens is 2. The van der Waals surface area contributed by atoms with Gasteiger partial charge in [-0.25, -0.2) is 4.98 Å². The van der Waals surface area contributed by atoms with Crippen molar-refractivity contribution in [1.29, 1.82) is 0 Å². The zero-order valence-electron chi connectivity index (χ0n) is 12.4. The van der Waals surface area contributed by atoms with Crippen molar-refractivity contribution in [2.45, 2.75) is 52.0 Å². The molecule has 2 rings (SSSR count). The van der Waals surface area contributed by atoms with Crippen molar-refractivity contribution in [1.82, 2.24) is 9.55 Å². The van der Waals surface area contributed by atoms with Crippen LogP contribution >= 0.6 is 23.2 Å². The number of nitrogens with zero attached hydrogens (tertiary/aromatic N) is 2. The van der Waals surface area contributed by atoms with Gasteiger partial charge in [0.05, 0.1) is 16.4 Å². The standard InChI is InChI=1S/C16H22Cl2N2/c1-11(2)6-4-5-9-20-15-8-7-13(18)10-14(15)19-16(20)12(3)17/h7-8,10-12H,4-6,9H2,1-3H3. The largest absolute Gasteiger partial charge is 0.327 e. The van der Waals surface area contributed by atoms with Crippen molar-refractivity contribution in [2.75, 3.05) is 0 Å². The van der Waals surface area contributed by atoms with Crippen molar-refractivity contribution in [2.24, 2.45) is 5.92 Å². The monoisotopic (exact) mass is 312 g/mol. The Bertz CT molecular complexity index is 573.